The minimum Gasteiger partial charge on any atom is -0.366 e. The van der Waals surface area contributed by atoms with Crippen LogP contribution in [0.5, 0.6) is 0 Å². The van der Waals surface area contributed by atoms with Gasteiger partial charge < -0.3 is 15.5 Å². The number of carbonyl (C=O) groups is 1. The molecule has 0 aromatic heterocycles. The molecule has 4 heteroatoms. The maximum absolute atomic E-state index is 11.1. The standard InChI is InChI=1S/C17H25N3O/c1-13(21)19-9-10-20-16-7-3-2-5-14(16)11-17(20)15-6-4-8-18-12-15/h2-3,5,7,15,17-18H,4,6,8-12H2,1H3,(H,19,21). The van der Waals surface area contributed by atoms with E-state index in [9.17, 15) is 4.79 Å². The van der Waals surface area contributed by atoms with Crippen LogP contribution in [0, 0.1) is 5.92 Å². The molecule has 0 saturated carbocycles. The second-order valence-corrected chi connectivity index (χ2v) is 6.18. The lowest BCUT2D eigenvalue weighted by atomic mass is 9.89. The number of anilines is 1. The normalized spacial score (nSPS) is 24.7. The maximum atomic E-state index is 11.1. The first-order valence-corrected chi connectivity index (χ1v) is 8.05. The van der Waals surface area contributed by atoms with E-state index in [1.165, 1.54) is 24.1 Å². The highest BCUT2D eigenvalue weighted by atomic mass is 16.1. The van der Waals surface area contributed by atoms with Crippen molar-refractivity contribution in [2.75, 3.05) is 31.1 Å². The predicted octanol–water partition coefficient (Wildman–Crippen LogP) is 1.55. The molecule has 2 unspecified atom stereocenters. The van der Waals surface area contributed by atoms with Gasteiger partial charge in [0, 0.05) is 31.7 Å². The Morgan fingerprint density at radius 2 is 2.29 bits per heavy atom. The first kappa shape index (κ1) is 14.4. The molecular formula is C17H25N3O. The van der Waals surface area contributed by atoms with Gasteiger partial charge in [0.05, 0.1) is 0 Å². The van der Waals surface area contributed by atoms with E-state index in [1.54, 1.807) is 6.92 Å². The van der Waals surface area contributed by atoms with Crippen molar-refractivity contribution in [3.63, 3.8) is 0 Å². The van der Waals surface area contributed by atoms with E-state index in [-0.39, 0.29) is 5.91 Å². The SMILES string of the molecule is CC(=O)NCCN1c2ccccc2CC1C1CCCNC1. The molecule has 1 saturated heterocycles. The summed E-state index contributed by atoms with van der Waals surface area (Å²) in [6, 6.07) is 9.29. The van der Waals surface area contributed by atoms with Crippen molar-refractivity contribution in [1.29, 1.82) is 0 Å². The van der Waals surface area contributed by atoms with Gasteiger partial charge in [-0.2, -0.15) is 0 Å². The van der Waals surface area contributed by atoms with Gasteiger partial charge in [-0.05, 0) is 49.9 Å². The summed E-state index contributed by atoms with van der Waals surface area (Å²) in [5, 5.41) is 6.47. The third-order valence-electron chi connectivity index (χ3n) is 4.74. The topological polar surface area (TPSA) is 44.4 Å². The molecule has 1 amide bonds. The van der Waals surface area contributed by atoms with Gasteiger partial charge >= 0.3 is 0 Å². The number of hydrogen-bond acceptors (Lipinski definition) is 3. The lowest BCUT2D eigenvalue weighted by molar-refractivity contribution is -0.118. The van der Waals surface area contributed by atoms with Crippen LogP contribution in [-0.2, 0) is 11.2 Å². The van der Waals surface area contributed by atoms with E-state index in [0.29, 0.717) is 12.0 Å². The number of benzene rings is 1. The van der Waals surface area contributed by atoms with E-state index >= 15 is 0 Å². The number of nitrogens with one attached hydrogen (secondary N) is 2. The Bertz CT molecular complexity index is 497. The van der Waals surface area contributed by atoms with Crippen molar-refractivity contribution in [2.24, 2.45) is 5.92 Å². The van der Waals surface area contributed by atoms with Crippen LogP contribution >= 0.6 is 0 Å². The Hall–Kier alpha value is -1.55. The van der Waals surface area contributed by atoms with E-state index in [0.717, 1.165) is 32.6 Å². The van der Waals surface area contributed by atoms with Crippen LogP contribution in [0.15, 0.2) is 24.3 Å². The molecule has 0 radical (unpaired) electrons. The molecule has 1 fully saturated rings. The molecule has 1 aromatic rings. The highest BCUT2D eigenvalue weighted by Gasteiger charge is 2.34. The predicted molar refractivity (Wildman–Crippen MR) is 85.6 cm³/mol. The number of hydrogen-bond donors (Lipinski definition) is 2. The van der Waals surface area contributed by atoms with Crippen LogP contribution in [0.25, 0.3) is 0 Å². The average molecular weight is 287 g/mol. The first-order valence-electron chi connectivity index (χ1n) is 8.05. The van der Waals surface area contributed by atoms with E-state index in [1.807, 2.05) is 0 Å². The summed E-state index contributed by atoms with van der Waals surface area (Å²) in [7, 11) is 0. The number of amides is 1. The van der Waals surface area contributed by atoms with Crippen LogP contribution in [0.1, 0.15) is 25.3 Å². The summed E-state index contributed by atoms with van der Waals surface area (Å²) < 4.78 is 0. The van der Waals surface area contributed by atoms with E-state index < -0.39 is 0 Å². The highest BCUT2D eigenvalue weighted by molar-refractivity contribution is 5.72. The molecule has 0 aliphatic carbocycles. The summed E-state index contributed by atoms with van der Waals surface area (Å²) in [5.41, 5.74) is 2.81. The van der Waals surface area contributed by atoms with Crippen molar-refractivity contribution in [1.82, 2.24) is 10.6 Å². The summed E-state index contributed by atoms with van der Waals surface area (Å²) >= 11 is 0. The van der Waals surface area contributed by atoms with Crippen LogP contribution in [0.2, 0.25) is 0 Å². The maximum Gasteiger partial charge on any atom is 0.216 e. The molecule has 0 spiro atoms. The lowest BCUT2D eigenvalue weighted by Crippen LogP contribution is -2.47. The van der Waals surface area contributed by atoms with Crippen LogP contribution in [-0.4, -0.2) is 38.1 Å². The second kappa shape index (κ2) is 6.48. The number of carbonyl (C=O) groups excluding carboxylic acids is 1. The van der Waals surface area contributed by atoms with Gasteiger partial charge in [-0.1, -0.05) is 18.2 Å². The van der Waals surface area contributed by atoms with Gasteiger partial charge in [0.25, 0.3) is 0 Å². The molecule has 4 nitrogen and oxygen atoms in total. The fraction of sp³-hybridized carbons (Fsp3) is 0.588. The zero-order valence-electron chi connectivity index (χ0n) is 12.8. The summed E-state index contributed by atoms with van der Waals surface area (Å²) in [4.78, 5) is 13.6. The van der Waals surface area contributed by atoms with Gasteiger partial charge in [-0.25, -0.2) is 0 Å². The molecule has 2 heterocycles. The van der Waals surface area contributed by atoms with Crippen LogP contribution in [0.3, 0.4) is 0 Å². The van der Waals surface area contributed by atoms with Gasteiger partial charge in [0.1, 0.15) is 0 Å². The molecule has 3 rings (SSSR count). The summed E-state index contributed by atoms with van der Waals surface area (Å²) in [5.74, 6) is 0.766. The zero-order chi connectivity index (χ0) is 14.7. The van der Waals surface area contributed by atoms with Crippen LogP contribution < -0.4 is 15.5 Å². The molecule has 114 valence electrons. The first-order chi connectivity index (χ1) is 10.3. The van der Waals surface area contributed by atoms with Crippen LogP contribution in [0.4, 0.5) is 5.69 Å². The van der Waals surface area contributed by atoms with E-state index in [4.69, 9.17) is 0 Å². The van der Waals surface area contributed by atoms with Gasteiger partial charge in [0.2, 0.25) is 5.91 Å². The molecule has 2 aliphatic heterocycles. The van der Waals surface area contributed by atoms with E-state index in [2.05, 4.69) is 39.8 Å². The monoisotopic (exact) mass is 287 g/mol. The lowest BCUT2D eigenvalue weighted by Gasteiger charge is -2.36. The third kappa shape index (κ3) is 3.21. The number of fused-ring (bicyclic) bond motifs is 1. The fourth-order valence-electron chi connectivity index (χ4n) is 3.74. The Balaban J connectivity index is 1.74. The Morgan fingerprint density at radius 1 is 1.43 bits per heavy atom. The number of piperidine rings is 1. The van der Waals surface area contributed by atoms with Gasteiger partial charge in [0.15, 0.2) is 0 Å². The molecule has 2 atom stereocenters. The Kier molecular flexibility index (Phi) is 4.44. The smallest absolute Gasteiger partial charge is 0.216 e. The van der Waals surface area contributed by atoms with Gasteiger partial charge in [-0.15, -0.1) is 0 Å². The largest absolute Gasteiger partial charge is 0.366 e. The average Bonchev–Trinajstić information content (AvgIpc) is 2.87. The van der Waals surface area contributed by atoms with Crippen molar-refractivity contribution in [2.45, 2.75) is 32.2 Å². The Morgan fingerprint density at radius 3 is 3.05 bits per heavy atom. The minimum atomic E-state index is 0.0540. The third-order valence-corrected chi connectivity index (χ3v) is 4.74. The number of rotatable bonds is 4. The number of para-hydroxylation sites is 1. The summed E-state index contributed by atoms with van der Waals surface area (Å²) in [6.07, 6.45) is 3.72. The summed E-state index contributed by atoms with van der Waals surface area (Å²) in [6.45, 7) is 5.48. The minimum absolute atomic E-state index is 0.0540. The Labute approximate surface area is 126 Å². The molecule has 0 bridgehead atoms. The van der Waals surface area contributed by atoms with Crippen molar-refractivity contribution in [3.8, 4) is 0 Å². The molecule has 2 N–H and O–H groups in total. The zero-order valence-corrected chi connectivity index (χ0v) is 12.8. The van der Waals surface area contributed by atoms with Gasteiger partial charge in [-0.3, -0.25) is 4.79 Å². The quantitative estimate of drug-likeness (QED) is 0.883. The number of nitrogens with zero attached hydrogens (tertiary/aromatic N) is 1. The fourth-order valence-corrected chi connectivity index (χ4v) is 3.74. The second-order valence-electron chi connectivity index (χ2n) is 6.18. The van der Waals surface area contributed by atoms with Crippen molar-refractivity contribution >= 4 is 11.6 Å². The molecule has 1 aromatic carbocycles. The molecule has 21 heavy (non-hydrogen) atoms. The highest BCUT2D eigenvalue weighted by Crippen LogP contribution is 2.36. The molecular weight excluding hydrogens is 262 g/mol. The van der Waals surface area contributed by atoms with Crippen molar-refractivity contribution in [3.05, 3.63) is 29.8 Å². The molecule has 2 aliphatic rings. The van der Waals surface area contributed by atoms with Crippen molar-refractivity contribution < 1.29 is 4.79 Å².